The van der Waals surface area contributed by atoms with E-state index in [9.17, 15) is 35.4 Å². The van der Waals surface area contributed by atoms with Crippen LogP contribution in [0.3, 0.4) is 0 Å². The van der Waals surface area contributed by atoms with E-state index in [-0.39, 0.29) is 68.9 Å². The summed E-state index contributed by atoms with van der Waals surface area (Å²) in [5.41, 5.74) is 1.10. The van der Waals surface area contributed by atoms with E-state index in [0.717, 1.165) is 98.8 Å². The number of aromatic nitrogens is 4. The summed E-state index contributed by atoms with van der Waals surface area (Å²) in [4.78, 5) is 61.8. The number of phenolic OH excluding ortho intramolecular Hbond substituents is 1. The third-order valence-electron chi connectivity index (χ3n) is 25.0. The molecular formula is C68H69N5O11. The maximum absolute atomic E-state index is 15.5. The number of carbonyl (C=O) groups excluding carboxylic acids is 3. The molecule has 1 saturated heterocycles. The number of rotatable bonds is 0. The molecule has 2 aromatic carbocycles. The number of aliphatic hydroxyl groups is 5. The number of carbonyl (C=O) groups is 3. The molecule has 5 saturated carbocycles. The van der Waals surface area contributed by atoms with Crippen molar-refractivity contribution in [2.24, 2.45) is 34.0 Å². The van der Waals surface area contributed by atoms with Crippen LogP contribution in [0.2, 0.25) is 0 Å². The number of pyridine rings is 1. The number of aromatic amines is 2. The van der Waals surface area contributed by atoms with Gasteiger partial charge in [0.1, 0.15) is 35.3 Å². The summed E-state index contributed by atoms with van der Waals surface area (Å²) in [5, 5.41) is 83.9. The number of ketones is 3. The minimum absolute atomic E-state index is 0.00530. The summed E-state index contributed by atoms with van der Waals surface area (Å²) < 4.78 is 15.0. The molecule has 3 aromatic heterocycles. The lowest BCUT2D eigenvalue weighted by Gasteiger charge is -2.64. The van der Waals surface area contributed by atoms with Crippen molar-refractivity contribution in [1.29, 1.82) is 0 Å². The second-order valence-corrected chi connectivity index (χ2v) is 28.5. The first-order chi connectivity index (χ1) is 40.5. The number of phenols is 1. The summed E-state index contributed by atoms with van der Waals surface area (Å²) in [6.07, 6.45) is 10.8. The van der Waals surface area contributed by atoms with Crippen molar-refractivity contribution in [1.82, 2.24) is 19.9 Å². The highest BCUT2D eigenvalue weighted by atomic mass is 16.7. The van der Waals surface area contributed by atoms with Gasteiger partial charge < -0.3 is 55.4 Å². The molecule has 10 aliphatic carbocycles. The number of aromatic hydroxyl groups is 1. The van der Waals surface area contributed by atoms with E-state index in [1.807, 2.05) is 6.33 Å². The smallest absolute Gasteiger partial charge is 0.261 e. The predicted molar refractivity (Wildman–Crippen MR) is 305 cm³/mol. The summed E-state index contributed by atoms with van der Waals surface area (Å²) >= 11 is 0. The molecule has 5 aromatic rings. The van der Waals surface area contributed by atoms with Gasteiger partial charge in [0.15, 0.2) is 17.5 Å². The number of aliphatic hydroxyl groups excluding tert-OH is 5. The van der Waals surface area contributed by atoms with Crippen LogP contribution in [0, 0.1) is 52.8 Å². The number of benzene rings is 2. The topological polar surface area (TPSA) is 260 Å². The van der Waals surface area contributed by atoms with Gasteiger partial charge in [-0.3, -0.25) is 14.4 Å². The van der Waals surface area contributed by atoms with Gasteiger partial charge in [0, 0.05) is 93.6 Å². The van der Waals surface area contributed by atoms with E-state index < -0.39 is 81.4 Å². The highest BCUT2D eigenvalue weighted by molar-refractivity contribution is 6.34. The molecule has 84 heavy (non-hydrogen) atoms. The first kappa shape index (κ1) is 50.8. The van der Waals surface area contributed by atoms with Crippen molar-refractivity contribution in [2.75, 3.05) is 11.9 Å². The maximum atomic E-state index is 15.5. The largest absolute Gasteiger partial charge is 0.507 e. The second-order valence-electron chi connectivity index (χ2n) is 28.5. The predicted octanol–water partition coefficient (Wildman–Crippen LogP) is 8.07. The van der Waals surface area contributed by atoms with Crippen molar-refractivity contribution in [2.45, 2.75) is 188 Å². The summed E-state index contributed by atoms with van der Waals surface area (Å²) in [6, 6.07) is 8.56. The number of nitrogens with one attached hydrogen (secondary N) is 3. The number of hydrogen-bond donors (Lipinski definition) is 9. The van der Waals surface area contributed by atoms with Crippen molar-refractivity contribution in [3.05, 3.63) is 116 Å². The molecule has 19 rings (SSSR count). The highest BCUT2D eigenvalue weighted by Gasteiger charge is 2.77. The lowest BCUT2D eigenvalue weighted by atomic mass is 9.47. The zero-order chi connectivity index (χ0) is 57.0. The van der Waals surface area contributed by atoms with Gasteiger partial charge in [-0.1, -0.05) is 30.8 Å². The van der Waals surface area contributed by atoms with Crippen LogP contribution >= 0.6 is 0 Å². The lowest BCUT2D eigenvalue weighted by Crippen LogP contribution is -2.79. The van der Waals surface area contributed by atoms with Crippen LogP contribution in [0.25, 0.3) is 16.3 Å². The fraction of sp³-hybridized carbons (Fsp3) is 0.544. The molecule has 10 bridgehead atoms. The molecule has 7 spiro atoms. The van der Waals surface area contributed by atoms with Crippen LogP contribution in [0.15, 0.2) is 60.1 Å². The molecule has 0 amide bonds. The monoisotopic (exact) mass is 1130 g/mol. The number of anilines is 1. The van der Waals surface area contributed by atoms with E-state index in [2.05, 4.69) is 33.2 Å². The summed E-state index contributed by atoms with van der Waals surface area (Å²) in [7, 11) is 0. The first-order valence-corrected chi connectivity index (χ1v) is 31.2. The number of Topliss-reactive ketones (excluding diaryl/α,β-unsaturated/α-hetero) is 1. The SMILES string of the molecule is Cc1cc(O)c2c(c1)C(=O)c1c(c3cc4c(nccc14)NCC(O)C14CCC5C#CCC6CCCC7CC8(CCC(=O)CC8)c8nc[nH]c8C67c6cc(c([nH]6)C6=CC7(O3)OC3(C6=C1CC1(CCC6(CCCC6)C1)C3O)C(O)C(O)C7O)C54)C2=O. The Morgan fingerprint density at radius 1 is 0.821 bits per heavy atom. The number of nitrogens with zero attached hydrogens (tertiary/aromatic N) is 2. The quantitative estimate of drug-likeness (QED) is 0.0652. The average Bonchev–Trinajstić information content (AvgIpc) is 1.32. The van der Waals surface area contributed by atoms with Crippen LogP contribution in [0.1, 0.15) is 194 Å². The van der Waals surface area contributed by atoms with E-state index in [0.29, 0.717) is 90.4 Å². The molecule has 14 unspecified atom stereocenters. The zero-order valence-corrected chi connectivity index (χ0v) is 47.1. The highest BCUT2D eigenvalue weighted by Crippen LogP contribution is 2.75. The molecule has 16 heteroatoms. The number of hydrogen-bond acceptors (Lipinski definition) is 14. The summed E-state index contributed by atoms with van der Waals surface area (Å²) in [6.45, 7) is 1.69. The van der Waals surface area contributed by atoms with Crippen molar-refractivity contribution >= 4 is 39.5 Å². The normalized spacial score (nSPS) is 39.2. The maximum Gasteiger partial charge on any atom is 0.261 e. The average molecular weight is 1130 g/mol. The van der Waals surface area contributed by atoms with E-state index in [1.165, 1.54) is 6.07 Å². The Bertz CT molecular complexity index is 4000. The van der Waals surface area contributed by atoms with Crippen molar-refractivity contribution < 1.29 is 54.5 Å². The van der Waals surface area contributed by atoms with Crippen LogP contribution in [-0.2, 0) is 20.4 Å². The van der Waals surface area contributed by atoms with Crippen LogP contribution in [-0.4, -0.2) is 116 Å². The minimum Gasteiger partial charge on any atom is -0.507 e. The Labute approximate surface area is 485 Å². The second kappa shape index (κ2) is 16.5. The van der Waals surface area contributed by atoms with Gasteiger partial charge in [-0.05, 0) is 166 Å². The van der Waals surface area contributed by atoms with Gasteiger partial charge in [-0.2, -0.15) is 0 Å². The molecule has 9 N–H and O–H groups in total. The molecule has 16 nitrogen and oxygen atoms in total. The van der Waals surface area contributed by atoms with Crippen LogP contribution in [0.4, 0.5) is 5.82 Å². The molecule has 0 radical (unpaired) electrons. The fourth-order valence-electron chi connectivity index (χ4n) is 21.7. The van der Waals surface area contributed by atoms with Crippen LogP contribution < -0.4 is 10.1 Å². The van der Waals surface area contributed by atoms with E-state index >= 15 is 9.59 Å². The molecule has 6 fully saturated rings. The van der Waals surface area contributed by atoms with Crippen molar-refractivity contribution in [3.8, 4) is 23.3 Å². The Hall–Kier alpha value is -6.45. The number of imidazole rings is 1. The molecule has 7 heterocycles. The fourth-order valence-corrected chi connectivity index (χ4v) is 21.7. The number of fused-ring (bicyclic) bond motifs is 8. The van der Waals surface area contributed by atoms with Gasteiger partial charge in [0.2, 0.25) is 5.78 Å². The van der Waals surface area contributed by atoms with Crippen molar-refractivity contribution in [3.63, 3.8) is 0 Å². The van der Waals surface area contributed by atoms with E-state index in [1.54, 1.807) is 37.4 Å². The zero-order valence-electron chi connectivity index (χ0n) is 47.1. The summed E-state index contributed by atoms with van der Waals surface area (Å²) in [5.74, 6) is 3.38. The minimum atomic E-state index is -2.51. The number of aryl methyl sites for hydroxylation is 1. The Kier molecular flexibility index (Phi) is 10.0. The number of H-pyrrole nitrogens is 2. The van der Waals surface area contributed by atoms with Gasteiger partial charge in [-0.25, -0.2) is 9.97 Å². The Balaban J connectivity index is 0.960. The molecule has 4 aliphatic heterocycles. The third-order valence-corrected chi connectivity index (χ3v) is 25.0. The van der Waals surface area contributed by atoms with E-state index in [4.69, 9.17) is 19.4 Å². The number of ether oxygens (including phenoxy) is 2. The van der Waals surface area contributed by atoms with Gasteiger partial charge in [0.25, 0.3) is 5.79 Å². The Morgan fingerprint density at radius 3 is 2.48 bits per heavy atom. The lowest BCUT2D eigenvalue weighted by molar-refractivity contribution is -0.366. The molecule has 14 aliphatic rings. The standard InChI is InChI=1S/C68H69N5O11/c1-32-22-39-47(43(75)23-32)54(78)49-44-24-38-37(48(49)53(39)77)13-21-69-60(38)70-29-46(76)65-18-10-33-6-4-7-34-8-5-9-35-26-63(16-11-36(74)12-17-63)56-57(72-31-71-56)67(34,35)45-25-40(50(33)65)52(73-45)41-27-66(83-44)58(80)55(79)59(81)68(84-66)51(41)42(65)28-64(61(68)82)20-19-62(30-64)14-2-3-15-62/h13,21-25,27,31,33-35,46,50,55,58-59,61,73,75-76,79-82H,2-3,5,7-12,14-20,26,28-30H2,1H3,(H,69,70)(H,71,72). The van der Waals surface area contributed by atoms with Crippen LogP contribution in [0.5, 0.6) is 11.5 Å². The Morgan fingerprint density at radius 2 is 1.64 bits per heavy atom. The van der Waals surface area contributed by atoms with Gasteiger partial charge >= 0.3 is 0 Å². The van der Waals surface area contributed by atoms with Gasteiger partial charge in [-0.15, -0.1) is 5.92 Å². The van der Waals surface area contributed by atoms with Gasteiger partial charge in [0.05, 0.1) is 46.5 Å². The first-order valence-electron chi connectivity index (χ1n) is 31.2. The molecule has 432 valence electrons. The molecular weight excluding hydrogens is 1060 g/mol. The third kappa shape index (κ3) is 5.91. The molecule has 14 atom stereocenters.